The molecule has 1 amide bonds. The molecule has 2 aromatic rings. The summed E-state index contributed by atoms with van der Waals surface area (Å²) in [5, 5.41) is 3.06. The second-order valence-corrected chi connectivity index (χ2v) is 8.04. The van der Waals surface area contributed by atoms with Crippen LogP contribution in [0.3, 0.4) is 0 Å². The zero-order valence-corrected chi connectivity index (χ0v) is 17.4. The number of nitrogens with zero attached hydrogens (tertiary/aromatic N) is 1. The molecule has 3 rings (SSSR count). The summed E-state index contributed by atoms with van der Waals surface area (Å²) >= 11 is 0. The van der Waals surface area contributed by atoms with Crippen LogP contribution in [0.2, 0.25) is 0 Å². The highest BCUT2D eigenvalue weighted by molar-refractivity contribution is 5.81. The SMILES string of the molecule is Cc1ccccc1O[C@H](C)C(=O)N[C@H](C)c1ccc(N2CCC[C@@H](C)C2)cc1. The van der Waals surface area contributed by atoms with E-state index in [1.807, 2.05) is 38.1 Å². The monoisotopic (exact) mass is 380 g/mol. The Labute approximate surface area is 168 Å². The number of aryl methyl sites for hydroxylation is 1. The van der Waals surface area contributed by atoms with Crippen LogP contribution >= 0.6 is 0 Å². The topological polar surface area (TPSA) is 41.6 Å². The van der Waals surface area contributed by atoms with Gasteiger partial charge < -0.3 is 15.0 Å². The fourth-order valence-corrected chi connectivity index (χ4v) is 3.74. The molecular formula is C24H32N2O2. The molecule has 0 saturated carbocycles. The molecule has 28 heavy (non-hydrogen) atoms. The van der Waals surface area contributed by atoms with Gasteiger partial charge in [0.1, 0.15) is 5.75 Å². The number of nitrogens with one attached hydrogen (secondary N) is 1. The molecule has 0 aliphatic carbocycles. The molecule has 1 N–H and O–H groups in total. The Kier molecular flexibility index (Phi) is 6.61. The molecule has 1 aliphatic heterocycles. The van der Waals surface area contributed by atoms with Crippen molar-refractivity contribution in [2.45, 2.75) is 52.7 Å². The van der Waals surface area contributed by atoms with Gasteiger partial charge in [-0.2, -0.15) is 0 Å². The van der Waals surface area contributed by atoms with Crippen molar-refractivity contribution in [2.75, 3.05) is 18.0 Å². The van der Waals surface area contributed by atoms with E-state index >= 15 is 0 Å². The number of para-hydroxylation sites is 1. The van der Waals surface area contributed by atoms with E-state index in [2.05, 4.69) is 41.4 Å². The zero-order chi connectivity index (χ0) is 20.1. The summed E-state index contributed by atoms with van der Waals surface area (Å²) in [5.74, 6) is 1.39. The van der Waals surface area contributed by atoms with Crippen LogP contribution in [0.1, 0.15) is 50.8 Å². The van der Waals surface area contributed by atoms with E-state index < -0.39 is 6.10 Å². The van der Waals surface area contributed by atoms with Gasteiger partial charge in [-0.05, 0) is 68.9 Å². The summed E-state index contributed by atoms with van der Waals surface area (Å²) in [4.78, 5) is 15.0. The van der Waals surface area contributed by atoms with Crippen molar-refractivity contribution in [3.63, 3.8) is 0 Å². The summed E-state index contributed by atoms with van der Waals surface area (Å²) in [6.45, 7) is 10.3. The first-order chi connectivity index (χ1) is 13.4. The number of amides is 1. The van der Waals surface area contributed by atoms with Crippen molar-refractivity contribution in [2.24, 2.45) is 5.92 Å². The van der Waals surface area contributed by atoms with E-state index in [0.717, 1.165) is 35.9 Å². The second-order valence-electron chi connectivity index (χ2n) is 8.04. The van der Waals surface area contributed by atoms with Crippen LogP contribution in [0.4, 0.5) is 5.69 Å². The lowest BCUT2D eigenvalue weighted by Crippen LogP contribution is -2.38. The van der Waals surface area contributed by atoms with Crippen molar-refractivity contribution in [3.05, 3.63) is 59.7 Å². The smallest absolute Gasteiger partial charge is 0.261 e. The first kappa shape index (κ1) is 20.2. The number of carbonyl (C=O) groups excluding carboxylic acids is 1. The van der Waals surface area contributed by atoms with Crippen molar-refractivity contribution < 1.29 is 9.53 Å². The van der Waals surface area contributed by atoms with E-state index in [9.17, 15) is 4.79 Å². The first-order valence-corrected chi connectivity index (χ1v) is 10.3. The number of carbonyl (C=O) groups is 1. The molecule has 3 atom stereocenters. The summed E-state index contributed by atoms with van der Waals surface area (Å²) in [6.07, 6.45) is 2.03. The highest BCUT2D eigenvalue weighted by Gasteiger charge is 2.19. The fourth-order valence-electron chi connectivity index (χ4n) is 3.74. The standard InChI is InChI=1S/C24H32N2O2/c1-17-8-7-15-26(16-17)22-13-11-21(12-14-22)19(3)25-24(27)20(4)28-23-10-6-5-9-18(23)2/h5-6,9-14,17,19-20H,7-8,15-16H2,1-4H3,(H,25,27)/t17-,19-,20-/m1/s1. The number of ether oxygens (including phenoxy) is 1. The molecule has 150 valence electrons. The summed E-state index contributed by atoms with van der Waals surface area (Å²) in [5.41, 5.74) is 3.40. The van der Waals surface area contributed by atoms with E-state index in [1.165, 1.54) is 18.5 Å². The van der Waals surface area contributed by atoms with Gasteiger partial charge in [0.05, 0.1) is 6.04 Å². The van der Waals surface area contributed by atoms with Crippen LogP contribution < -0.4 is 15.0 Å². The summed E-state index contributed by atoms with van der Waals surface area (Å²) in [7, 11) is 0. The Balaban J connectivity index is 1.57. The molecule has 4 nitrogen and oxygen atoms in total. The molecule has 0 radical (unpaired) electrons. The lowest BCUT2D eigenvalue weighted by atomic mass is 9.99. The molecule has 1 aliphatic rings. The Morgan fingerprint density at radius 3 is 2.54 bits per heavy atom. The Hall–Kier alpha value is -2.49. The molecule has 2 aromatic carbocycles. The van der Waals surface area contributed by atoms with Crippen LogP contribution in [0.5, 0.6) is 5.75 Å². The minimum atomic E-state index is -0.544. The van der Waals surface area contributed by atoms with Gasteiger partial charge in [-0.15, -0.1) is 0 Å². The number of piperidine rings is 1. The van der Waals surface area contributed by atoms with Crippen LogP contribution in [0, 0.1) is 12.8 Å². The first-order valence-electron chi connectivity index (χ1n) is 10.3. The van der Waals surface area contributed by atoms with Gasteiger partial charge in [0.25, 0.3) is 5.91 Å². The predicted molar refractivity (Wildman–Crippen MR) is 115 cm³/mol. The minimum Gasteiger partial charge on any atom is -0.481 e. The normalized spacial score (nSPS) is 19.0. The van der Waals surface area contributed by atoms with E-state index in [1.54, 1.807) is 6.92 Å². The third-order valence-electron chi connectivity index (χ3n) is 5.54. The van der Waals surface area contributed by atoms with Crippen molar-refractivity contribution in [1.29, 1.82) is 0 Å². The van der Waals surface area contributed by atoms with E-state index in [4.69, 9.17) is 4.74 Å². The number of hydrogen-bond acceptors (Lipinski definition) is 3. The highest BCUT2D eigenvalue weighted by atomic mass is 16.5. The van der Waals surface area contributed by atoms with Gasteiger partial charge >= 0.3 is 0 Å². The molecule has 0 aromatic heterocycles. The summed E-state index contributed by atoms with van der Waals surface area (Å²) < 4.78 is 5.83. The molecule has 0 spiro atoms. The number of hydrogen-bond donors (Lipinski definition) is 1. The van der Waals surface area contributed by atoms with Gasteiger partial charge in [0.2, 0.25) is 0 Å². The second kappa shape index (κ2) is 9.13. The molecule has 1 saturated heterocycles. The lowest BCUT2D eigenvalue weighted by Gasteiger charge is -2.33. The van der Waals surface area contributed by atoms with Crippen molar-refractivity contribution in [3.8, 4) is 5.75 Å². The van der Waals surface area contributed by atoms with Crippen LogP contribution in [-0.2, 0) is 4.79 Å². The minimum absolute atomic E-state index is 0.0650. The van der Waals surface area contributed by atoms with Gasteiger partial charge in [0, 0.05) is 18.8 Å². The maximum absolute atomic E-state index is 12.5. The Bertz CT molecular complexity index is 787. The van der Waals surface area contributed by atoms with E-state index in [-0.39, 0.29) is 11.9 Å². The van der Waals surface area contributed by atoms with E-state index in [0.29, 0.717) is 0 Å². The quantitative estimate of drug-likeness (QED) is 0.777. The summed E-state index contributed by atoms with van der Waals surface area (Å²) in [6, 6.07) is 16.3. The van der Waals surface area contributed by atoms with Crippen molar-refractivity contribution in [1.82, 2.24) is 5.32 Å². The molecule has 1 heterocycles. The molecule has 4 heteroatoms. The average molecular weight is 381 g/mol. The number of benzene rings is 2. The van der Waals surface area contributed by atoms with Crippen LogP contribution in [0.25, 0.3) is 0 Å². The van der Waals surface area contributed by atoms with Crippen molar-refractivity contribution >= 4 is 11.6 Å². The van der Waals surface area contributed by atoms with Gasteiger partial charge in [-0.3, -0.25) is 4.79 Å². The van der Waals surface area contributed by atoms with Gasteiger partial charge in [0.15, 0.2) is 6.10 Å². The lowest BCUT2D eigenvalue weighted by molar-refractivity contribution is -0.127. The number of rotatable bonds is 6. The molecular weight excluding hydrogens is 348 g/mol. The van der Waals surface area contributed by atoms with Crippen LogP contribution in [0.15, 0.2) is 48.5 Å². The Morgan fingerprint density at radius 1 is 1.14 bits per heavy atom. The van der Waals surface area contributed by atoms with Gasteiger partial charge in [-0.1, -0.05) is 37.3 Å². The maximum Gasteiger partial charge on any atom is 0.261 e. The third-order valence-corrected chi connectivity index (χ3v) is 5.54. The molecule has 1 fully saturated rings. The number of anilines is 1. The molecule has 0 bridgehead atoms. The third kappa shape index (κ3) is 5.06. The molecule has 0 unspecified atom stereocenters. The average Bonchev–Trinajstić information content (AvgIpc) is 2.69. The zero-order valence-electron chi connectivity index (χ0n) is 17.4. The highest BCUT2D eigenvalue weighted by Crippen LogP contribution is 2.25. The Morgan fingerprint density at radius 2 is 1.86 bits per heavy atom. The van der Waals surface area contributed by atoms with Crippen LogP contribution in [-0.4, -0.2) is 25.1 Å². The largest absolute Gasteiger partial charge is 0.481 e. The maximum atomic E-state index is 12.5. The predicted octanol–water partition coefficient (Wildman–Crippen LogP) is 4.88. The fraction of sp³-hybridized carbons (Fsp3) is 0.458. The van der Waals surface area contributed by atoms with Gasteiger partial charge in [-0.25, -0.2) is 0 Å².